The Kier molecular flexibility index (Phi) is 5.83. The lowest BCUT2D eigenvalue weighted by Crippen LogP contribution is -2.17. The van der Waals surface area contributed by atoms with Crippen LogP contribution in [0.25, 0.3) is 6.08 Å². The number of aliphatic carboxylic acids is 1. The van der Waals surface area contributed by atoms with Gasteiger partial charge in [-0.2, -0.15) is 0 Å². The van der Waals surface area contributed by atoms with Gasteiger partial charge in [0, 0.05) is 12.1 Å². The van der Waals surface area contributed by atoms with E-state index in [2.05, 4.69) is 4.72 Å². The number of benzene rings is 2. The summed E-state index contributed by atoms with van der Waals surface area (Å²) in [5.41, 5.74) is 0.578. The zero-order valence-electron chi connectivity index (χ0n) is 15.7. The van der Waals surface area contributed by atoms with Crippen LogP contribution in [0.4, 0.5) is 5.69 Å². The van der Waals surface area contributed by atoms with Crippen molar-refractivity contribution in [1.29, 1.82) is 0 Å². The van der Waals surface area contributed by atoms with Gasteiger partial charge in [-0.05, 0) is 35.9 Å². The van der Waals surface area contributed by atoms with Gasteiger partial charge in [-0.3, -0.25) is 4.72 Å². The average Bonchev–Trinajstić information content (AvgIpc) is 2.71. The number of sulfonamides is 1. The van der Waals surface area contributed by atoms with Crippen molar-refractivity contribution < 1.29 is 37.3 Å². The van der Waals surface area contributed by atoms with E-state index in [4.69, 9.17) is 24.1 Å². The second-order valence-electron chi connectivity index (χ2n) is 5.89. The van der Waals surface area contributed by atoms with Crippen molar-refractivity contribution in [2.45, 2.75) is 4.90 Å². The summed E-state index contributed by atoms with van der Waals surface area (Å²) in [5, 5.41) is 8.83. The second-order valence-corrected chi connectivity index (χ2v) is 7.54. The number of rotatable bonds is 7. The van der Waals surface area contributed by atoms with E-state index in [1.165, 1.54) is 38.5 Å². The van der Waals surface area contributed by atoms with Gasteiger partial charge in [0.05, 0.1) is 19.9 Å². The zero-order chi connectivity index (χ0) is 21.0. The first-order chi connectivity index (χ1) is 13.8. The van der Waals surface area contributed by atoms with Crippen molar-refractivity contribution in [2.75, 3.05) is 32.2 Å². The van der Waals surface area contributed by atoms with Crippen LogP contribution >= 0.6 is 0 Å². The summed E-state index contributed by atoms with van der Waals surface area (Å²) in [4.78, 5) is 10.6. The average molecular weight is 421 g/mol. The van der Waals surface area contributed by atoms with Gasteiger partial charge in [0.2, 0.25) is 0 Å². The molecule has 0 saturated heterocycles. The number of nitrogens with one attached hydrogen (secondary N) is 1. The normalized spacial score (nSPS) is 13.2. The predicted octanol–water partition coefficient (Wildman–Crippen LogP) is 2.37. The fourth-order valence-electron chi connectivity index (χ4n) is 2.73. The fourth-order valence-corrected chi connectivity index (χ4v) is 4.00. The lowest BCUT2D eigenvalue weighted by Gasteiger charge is -2.19. The van der Waals surface area contributed by atoms with Gasteiger partial charge in [-0.15, -0.1) is 0 Å². The molecule has 154 valence electrons. The van der Waals surface area contributed by atoms with Crippen molar-refractivity contribution in [3.8, 4) is 23.0 Å². The van der Waals surface area contributed by atoms with Gasteiger partial charge in [0.15, 0.2) is 23.0 Å². The minimum absolute atomic E-state index is 0.00924. The summed E-state index contributed by atoms with van der Waals surface area (Å²) in [5.74, 6) is -0.0791. The molecule has 10 heteroatoms. The Morgan fingerprint density at radius 2 is 1.83 bits per heavy atom. The van der Waals surface area contributed by atoms with Gasteiger partial charge in [-0.1, -0.05) is 0 Å². The molecule has 0 saturated carbocycles. The fraction of sp³-hybridized carbons (Fsp3) is 0.211. The summed E-state index contributed by atoms with van der Waals surface area (Å²) in [6.07, 6.45) is 2.15. The number of hydrogen-bond donors (Lipinski definition) is 2. The quantitative estimate of drug-likeness (QED) is 0.654. The molecule has 9 nitrogen and oxygen atoms in total. The molecule has 0 spiro atoms. The first-order valence-electron chi connectivity index (χ1n) is 8.43. The van der Waals surface area contributed by atoms with Gasteiger partial charge in [0.1, 0.15) is 18.1 Å². The van der Waals surface area contributed by atoms with Crippen molar-refractivity contribution in [3.63, 3.8) is 0 Å². The van der Waals surface area contributed by atoms with Gasteiger partial charge >= 0.3 is 5.97 Å². The maximum Gasteiger partial charge on any atom is 0.328 e. The highest BCUT2D eigenvalue weighted by atomic mass is 32.2. The van der Waals surface area contributed by atoms with Crippen LogP contribution in [0.3, 0.4) is 0 Å². The Labute approximate surface area is 167 Å². The van der Waals surface area contributed by atoms with Gasteiger partial charge < -0.3 is 24.1 Å². The van der Waals surface area contributed by atoms with Crippen molar-refractivity contribution >= 4 is 27.8 Å². The number of carboxylic acid groups (broad SMARTS) is 1. The van der Waals surface area contributed by atoms with Crippen LogP contribution < -0.4 is 23.7 Å². The van der Waals surface area contributed by atoms with Gasteiger partial charge in [0.25, 0.3) is 10.0 Å². The maximum absolute atomic E-state index is 13.0. The van der Waals surface area contributed by atoms with E-state index in [0.717, 1.165) is 6.08 Å². The molecular weight excluding hydrogens is 402 g/mol. The molecule has 1 aliphatic heterocycles. The Morgan fingerprint density at radius 3 is 2.48 bits per heavy atom. The summed E-state index contributed by atoms with van der Waals surface area (Å²) in [6.45, 7) is 0.790. The molecule has 0 amide bonds. The molecule has 2 N–H and O–H groups in total. The molecule has 2 aromatic rings. The minimum atomic E-state index is -4.11. The number of hydrogen-bond acceptors (Lipinski definition) is 7. The zero-order valence-corrected chi connectivity index (χ0v) is 16.5. The summed E-state index contributed by atoms with van der Waals surface area (Å²) < 4.78 is 49.9. The summed E-state index contributed by atoms with van der Waals surface area (Å²) >= 11 is 0. The second kappa shape index (κ2) is 8.31. The molecule has 2 aromatic carbocycles. The third-order valence-electron chi connectivity index (χ3n) is 3.97. The number of carboxylic acids is 1. The smallest absolute Gasteiger partial charge is 0.328 e. The number of methoxy groups -OCH3 is 2. The third-order valence-corrected chi connectivity index (χ3v) is 5.36. The summed E-state index contributed by atoms with van der Waals surface area (Å²) in [7, 11) is -1.44. The van der Waals surface area contributed by atoms with E-state index < -0.39 is 16.0 Å². The molecule has 0 bridgehead atoms. The minimum Gasteiger partial charge on any atom is -0.493 e. The highest BCUT2D eigenvalue weighted by Gasteiger charge is 2.25. The van der Waals surface area contributed by atoms with E-state index in [1.807, 2.05) is 0 Å². The monoisotopic (exact) mass is 421 g/mol. The van der Waals surface area contributed by atoms with Crippen molar-refractivity contribution in [3.05, 3.63) is 42.0 Å². The van der Waals surface area contributed by atoms with E-state index in [9.17, 15) is 13.2 Å². The van der Waals surface area contributed by atoms with E-state index >= 15 is 0 Å². The summed E-state index contributed by atoms with van der Waals surface area (Å²) in [6, 6.07) is 7.44. The third kappa shape index (κ3) is 4.54. The van der Waals surface area contributed by atoms with E-state index in [0.29, 0.717) is 30.3 Å². The SMILES string of the molecule is COc1cc(C=CC(=O)O)cc(S(=O)(=O)Nc2ccc3c(c2)OCCO3)c1OC. The molecule has 0 aromatic heterocycles. The standard InChI is InChI=1S/C19H19NO8S/c1-25-16-9-12(3-6-18(21)22)10-17(19(16)26-2)29(23,24)20-13-4-5-14-15(11-13)28-8-7-27-14/h3-6,9-11,20H,7-8H2,1-2H3,(H,21,22). The highest BCUT2D eigenvalue weighted by molar-refractivity contribution is 7.92. The molecule has 1 aliphatic rings. The molecular formula is C19H19NO8S. The van der Waals surface area contributed by atoms with Crippen LogP contribution in [0.15, 0.2) is 41.3 Å². The molecule has 0 unspecified atom stereocenters. The lowest BCUT2D eigenvalue weighted by atomic mass is 10.2. The van der Waals surface area contributed by atoms with Crippen LogP contribution in [0.5, 0.6) is 23.0 Å². The first kappa shape index (κ1) is 20.3. The lowest BCUT2D eigenvalue weighted by molar-refractivity contribution is -0.131. The Balaban J connectivity index is 2.02. The molecule has 0 radical (unpaired) electrons. The van der Waals surface area contributed by atoms with Crippen LogP contribution in [-0.4, -0.2) is 46.9 Å². The predicted molar refractivity (Wildman–Crippen MR) is 104 cm³/mol. The number of anilines is 1. The molecule has 0 fully saturated rings. The largest absolute Gasteiger partial charge is 0.493 e. The van der Waals surface area contributed by atoms with Crippen LogP contribution in [0.2, 0.25) is 0 Å². The van der Waals surface area contributed by atoms with E-state index in [1.54, 1.807) is 12.1 Å². The maximum atomic E-state index is 13.0. The van der Waals surface area contributed by atoms with Crippen LogP contribution in [-0.2, 0) is 14.8 Å². The number of ether oxygens (including phenoxy) is 4. The van der Waals surface area contributed by atoms with Crippen molar-refractivity contribution in [1.82, 2.24) is 0 Å². The Bertz CT molecular complexity index is 1060. The molecule has 1 heterocycles. The highest BCUT2D eigenvalue weighted by Crippen LogP contribution is 2.38. The molecule has 0 aliphatic carbocycles. The first-order valence-corrected chi connectivity index (χ1v) is 9.92. The molecule has 0 atom stereocenters. The van der Waals surface area contributed by atoms with Gasteiger partial charge in [-0.25, -0.2) is 13.2 Å². The van der Waals surface area contributed by atoms with Crippen molar-refractivity contribution in [2.24, 2.45) is 0 Å². The Morgan fingerprint density at radius 1 is 1.10 bits per heavy atom. The topological polar surface area (TPSA) is 120 Å². The molecule has 3 rings (SSSR count). The Hall–Kier alpha value is -3.40. The number of carbonyl (C=O) groups is 1. The van der Waals surface area contributed by atoms with Crippen LogP contribution in [0.1, 0.15) is 5.56 Å². The number of fused-ring (bicyclic) bond motifs is 1. The van der Waals surface area contributed by atoms with E-state index in [-0.39, 0.29) is 22.1 Å². The van der Waals surface area contributed by atoms with Crippen LogP contribution in [0, 0.1) is 0 Å². The molecule has 29 heavy (non-hydrogen) atoms.